The Kier molecular flexibility index (Phi) is 2.61. The van der Waals surface area contributed by atoms with Gasteiger partial charge in [0.25, 0.3) is 0 Å². The van der Waals surface area contributed by atoms with Gasteiger partial charge < -0.3 is 0 Å². The summed E-state index contributed by atoms with van der Waals surface area (Å²) in [7, 11) is 0. The molecule has 2 nitrogen and oxygen atoms in total. The number of thiophene rings is 1. The lowest BCUT2D eigenvalue weighted by atomic mass is 10.1. The SMILES string of the molecule is N#Cc1ccc(-c2ccc(C=O)s2)cc1. The molecule has 0 fully saturated rings. The molecule has 0 aliphatic rings. The van der Waals surface area contributed by atoms with Crippen LogP contribution < -0.4 is 0 Å². The third-order valence-electron chi connectivity index (χ3n) is 2.04. The van der Waals surface area contributed by atoms with Crippen molar-refractivity contribution in [1.82, 2.24) is 0 Å². The van der Waals surface area contributed by atoms with Gasteiger partial charge in [-0.15, -0.1) is 11.3 Å². The van der Waals surface area contributed by atoms with Crippen LogP contribution in [-0.2, 0) is 0 Å². The van der Waals surface area contributed by atoms with Gasteiger partial charge >= 0.3 is 0 Å². The molecule has 3 heteroatoms. The van der Waals surface area contributed by atoms with Crippen LogP contribution in [0.4, 0.5) is 0 Å². The van der Waals surface area contributed by atoms with Crippen molar-refractivity contribution in [2.75, 3.05) is 0 Å². The first-order chi connectivity index (χ1) is 7.33. The van der Waals surface area contributed by atoms with Gasteiger partial charge in [0, 0.05) is 4.88 Å². The second kappa shape index (κ2) is 4.07. The Labute approximate surface area is 91.4 Å². The van der Waals surface area contributed by atoms with Crippen molar-refractivity contribution in [3.05, 3.63) is 46.8 Å². The summed E-state index contributed by atoms with van der Waals surface area (Å²) in [6.07, 6.45) is 0.845. The van der Waals surface area contributed by atoms with Gasteiger partial charge in [0.05, 0.1) is 16.5 Å². The van der Waals surface area contributed by atoms with Gasteiger partial charge in [0.2, 0.25) is 0 Å². The maximum absolute atomic E-state index is 10.5. The second-order valence-corrected chi connectivity index (χ2v) is 4.12. The van der Waals surface area contributed by atoms with E-state index in [1.165, 1.54) is 11.3 Å². The fourth-order valence-electron chi connectivity index (χ4n) is 1.28. The molecule has 0 aliphatic heterocycles. The van der Waals surface area contributed by atoms with Gasteiger partial charge in [-0.1, -0.05) is 12.1 Å². The maximum Gasteiger partial charge on any atom is 0.160 e. The highest BCUT2D eigenvalue weighted by Crippen LogP contribution is 2.27. The Hall–Kier alpha value is -1.92. The van der Waals surface area contributed by atoms with E-state index in [2.05, 4.69) is 6.07 Å². The van der Waals surface area contributed by atoms with Crippen molar-refractivity contribution in [2.24, 2.45) is 0 Å². The molecule has 0 amide bonds. The van der Waals surface area contributed by atoms with Crippen LogP contribution in [0.1, 0.15) is 15.2 Å². The predicted molar refractivity (Wildman–Crippen MR) is 59.9 cm³/mol. The molecular weight excluding hydrogens is 206 g/mol. The average Bonchev–Trinajstić information content (AvgIpc) is 2.78. The van der Waals surface area contributed by atoms with Crippen LogP contribution in [0.25, 0.3) is 10.4 Å². The van der Waals surface area contributed by atoms with Gasteiger partial charge in [0.1, 0.15) is 0 Å². The number of carbonyl (C=O) groups is 1. The normalized spacial score (nSPS) is 9.53. The number of nitrogens with zero attached hydrogens (tertiary/aromatic N) is 1. The Balaban J connectivity index is 2.37. The molecule has 1 aromatic heterocycles. The Morgan fingerprint density at radius 2 is 1.87 bits per heavy atom. The summed E-state index contributed by atoms with van der Waals surface area (Å²) in [6.45, 7) is 0. The molecule has 0 N–H and O–H groups in total. The molecule has 0 saturated carbocycles. The summed E-state index contributed by atoms with van der Waals surface area (Å²) in [5.41, 5.74) is 1.68. The summed E-state index contributed by atoms with van der Waals surface area (Å²) < 4.78 is 0. The van der Waals surface area contributed by atoms with E-state index < -0.39 is 0 Å². The zero-order valence-corrected chi connectivity index (χ0v) is 8.62. The van der Waals surface area contributed by atoms with Crippen molar-refractivity contribution in [1.29, 1.82) is 5.26 Å². The van der Waals surface area contributed by atoms with Gasteiger partial charge in [-0.05, 0) is 29.8 Å². The summed E-state index contributed by atoms with van der Waals surface area (Å²) >= 11 is 1.45. The highest BCUT2D eigenvalue weighted by Gasteiger charge is 2.01. The minimum Gasteiger partial charge on any atom is -0.297 e. The number of nitriles is 1. The monoisotopic (exact) mass is 213 g/mol. The van der Waals surface area contributed by atoms with E-state index in [1.54, 1.807) is 18.2 Å². The quantitative estimate of drug-likeness (QED) is 0.719. The first kappa shape index (κ1) is 9.63. The molecule has 0 saturated heterocycles. The topological polar surface area (TPSA) is 40.9 Å². The first-order valence-electron chi connectivity index (χ1n) is 4.39. The molecule has 0 radical (unpaired) electrons. The fourth-order valence-corrected chi connectivity index (χ4v) is 2.11. The van der Waals surface area contributed by atoms with Crippen molar-refractivity contribution in [2.45, 2.75) is 0 Å². The van der Waals surface area contributed by atoms with Crippen molar-refractivity contribution >= 4 is 17.6 Å². The summed E-state index contributed by atoms with van der Waals surface area (Å²) in [4.78, 5) is 12.3. The van der Waals surface area contributed by atoms with Crippen LogP contribution in [0.15, 0.2) is 36.4 Å². The van der Waals surface area contributed by atoms with E-state index in [0.29, 0.717) is 10.4 Å². The lowest BCUT2D eigenvalue weighted by Crippen LogP contribution is -1.74. The van der Waals surface area contributed by atoms with E-state index >= 15 is 0 Å². The van der Waals surface area contributed by atoms with E-state index in [0.717, 1.165) is 16.7 Å². The number of benzene rings is 1. The summed E-state index contributed by atoms with van der Waals surface area (Å²) in [5, 5.41) is 8.65. The third kappa shape index (κ3) is 1.95. The lowest BCUT2D eigenvalue weighted by Gasteiger charge is -1.95. The van der Waals surface area contributed by atoms with Crippen LogP contribution >= 0.6 is 11.3 Å². The van der Waals surface area contributed by atoms with Crippen molar-refractivity contribution in [3.8, 4) is 16.5 Å². The van der Waals surface area contributed by atoms with Gasteiger partial charge in [0.15, 0.2) is 6.29 Å². The summed E-state index contributed by atoms with van der Waals surface area (Å²) in [6, 6.07) is 13.1. The van der Waals surface area contributed by atoms with Crippen molar-refractivity contribution in [3.63, 3.8) is 0 Å². The number of rotatable bonds is 2. The molecule has 2 aromatic rings. The summed E-state index contributed by atoms with van der Waals surface area (Å²) in [5.74, 6) is 0. The molecule has 2 rings (SSSR count). The average molecular weight is 213 g/mol. The Morgan fingerprint density at radius 3 is 2.40 bits per heavy atom. The molecule has 0 unspecified atom stereocenters. The van der Waals surface area contributed by atoms with Crippen LogP contribution in [0.5, 0.6) is 0 Å². The Morgan fingerprint density at radius 1 is 1.13 bits per heavy atom. The molecule has 1 aromatic carbocycles. The zero-order valence-electron chi connectivity index (χ0n) is 7.81. The molecule has 0 atom stereocenters. The third-order valence-corrected chi connectivity index (χ3v) is 3.10. The van der Waals surface area contributed by atoms with E-state index in [9.17, 15) is 4.79 Å². The van der Waals surface area contributed by atoms with Crippen molar-refractivity contribution < 1.29 is 4.79 Å². The maximum atomic E-state index is 10.5. The van der Waals surface area contributed by atoms with Gasteiger partial charge in [-0.2, -0.15) is 5.26 Å². The molecule has 15 heavy (non-hydrogen) atoms. The molecule has 0 bridgehead atoms. The smallest absolute Gasteiger partial charge is 0.160 e. The highest BCUT2D eigenvalue weighted by molar-refractivity contribution is 7.17. The number of hydrogen-bond acceptors (Lipinski definition) is 3. The largest absolute Gasteiger partial charge is 0.297 e. The van der Waals surface area contributed by atoms with Crippen LogP contribution in [0.2, 0.25) is 0 Å². The number of carbonyl (C=O) groups excluding carboxylic acids is 1. The standard InChI is InChI=1S/C12H7NOS/c13-7-9-1-3-10(4-2-9)12-6-5-11(8-14)15-12/h1-6,8H. The number of aldehydes is 1. The number of hydrogen-bond donors (Lipinski definition) is 0. The second-order valence-electron chi connectivity index (χ2n) is 3.01. The van der Waals surface area contributed by atoms with E-state index in [-0.39, 0.29) is 0 Å². The fraction of sp³-hybridized carbons (Fsp3) is 0. The minimum absolute atomic E-state index is 0.644. The van der Waals surface area contributed by atoms with E-state index in [1.807, 2.05) is 18.2 Å². The minimum atomic E-state index is 0.644. The lowest BCUT2D eigenvalue weighted by molar-refractivity contribution is 0.112. The molecular formula is C12H7NOS. The van der Waals surface area contributed by atoms with Gasteiger partial charge in [-0.3, -0.25) is 4.79 Å². The molecule has 1 heterocycles. The predicted octanol–water partition coefficient (Wildman–Crippen LogP) is 3.10. The molecule has 0 aliphatic carbocycles. The van der Waals surface area contributed by atoms with Gasteiger partial charge in [-0.25, -0.2) is 0 Å². The van der Waals surface area contributed by atoms with Crippen LogP contribution in [0.3, 0.4) is 0 Å². The molecule has 72 valence electrons. The van der Waals surface area contributed by atoms with Crippen LogP contribution in [0, 0.1) is 11.3 Å². The van der Waals surface area contributed by atoms with E-state index in [4.69, 9.17) is 5.26 Å². The highest BCUT2D eigenvalue weighted by atomic mass is 32.1. The first-order valence-corrected chi connectivity index (χ1v) is 5.20. The zero-order chi connectivity index (χ0) is 10.7. The molecule has 0 spiro atoms. The van der Waals surface area contributed by atoms with Crippen LogP contribution in [-0.4, -0.2) is 6.29 Å². The Bertz CT molecular complexity index is 519.